The van der Waals surface area contributed by atoms with E-state index in [0.29, 0.717) is 37.6 Å². The number of ether oxygens (including phenoxy) is 1. The lowest BCUT2D eigenvalue weighted by Gasteiger charge is -2.36. The molecule has 2 saturated heterocycles. The number of halogens is 1. The Morgan fingerprint density at radius 2 is 1.85 bits per heavy atom. The van der Waals surface area contributed by atoms with Gasteiger partial charge < -0.3 is 19.9 Å². The van der Waals surface area contributed by atoms with Gasteiger partial charge in [-0.15, -0.1) is 0 Å². The number of hydrogen-bond acceptors (Lipinski definition) is 8. The average Bonchev–Trinajstić information content (AvgIpc) is 3.30. The Morgan fingerprint density at radius 3 is 2.51 bits per heavy atom. The van der Waals surface area contributed by atoms with E-state index in [9.17, 15) is 29.3 Å². The number of non-ortho nitro benzene ring substituents is 1. The van der Waals surface area contributed by atoms with E-state index >= 15 is 4.39 Å². The zero-order chi connectivity index (χ0) is 28.1. The maximum Gasteiger partial charge on any atom is 0.414 e. The van der Waals surface area contributed by atoms with Gasteiger partial charge in [-0.1, -0.05) is 12.1 Å². The molecule has 0 aromatic heterocycles. The Balaban J connectivity index is 1.28. The second-order valence-electron chi connectivity index (χ2n) is 9.29. The number of carbonyl (C=O) groups excluding carboxylic acids is 4. The molecule has 2 aliphatic rings. The van der Waals surface area contributed by atoms with Crippen LogP contribution in [-0.2, 0) is 14.3 Å². The summed E-state index contributed by atoms with van der Waals surface area (Å²) in [6.45, 7) is 3.16. The van der Waals surface area contributed by atoms with Gasteiger partial charge in [0.2, 0.25) is 11.8 Å². The van der Waals surface area contributed by atoms with Gasteiger partial charge in [-0.3, -0.25) is 29.4 Å². The van der Waals surface area contributed by atoms with Crippen LogP contribution in [0.2, 0.25) is 0 Å². The number of carbonyl (C=O) groups is 4. The van der Waals surface area contributed by atoms with Crippen LogP contribution < -0.4 is 15.1 Å². The Morgan fingerprint density at radius 1 is 1.10 bits per heavy atom. The first-order chi connectivity index (χ1) is 18.6. The highest BCUT2D eigenvalue weighted by molar-refractivity contribution is 5.98. The van der Waals surface area contributed by atoms with Crippen LogP contribution in [0, 0.1) is 15.9 Å². The summed E-state index contributed by atoms with van der Waals surface area (Å²) in [4.78, 5) is 63.4. The molecule has 0 unspecified atom stereocenters. The van der Waals surface area contributed by atoms with E-state index in [1.165, 1.54) is 42.2 Å². The second-order valence-corrected chi connectivity index (χ2v) is 9.29. The molecule has 0 aliphatic carbocycles. The topological polar surface area (TPSA) is 142 Å². The van der Waals surface area contributed by atoms with Crippen LogP contribution in [0.1, 0.15) is 30.1 Å². The van der Waals surface area contributed by atoms with Crippen molar-refractivity contribution in [3.05, 3.63) is 64.0 Å². The van der Waals surface area contributed by atoms with Gasteiger partial charge in [-0.05, 0) is 18.2 Å². The minimum atomic E-state index is -0.617. The number of benzene rings is 2. The fourth-order valence-electron chi connectivity index (χ4n) is 4.53. The summed E-state index contributed by atoms with van der Waals surface area (Å²) < 4.78 is 20.3. The molecule has 0 bridgehead atoms. The number of nitro groups is 1. The molecule has 2 aliphatic heterocycles. The number of hydrogen-bond donors (Lipinski definition) is 1. The van der Waals surface area contributed by atoms with Crippen LogP contribution in [0.25, 0.3) is 0 Å². The molecule has 2 aromatic rings. The number of ketones is 1. The Kier molecular flexibility index (Phi) is 8.37. The largest absolute Gasteiger partial charge is 0.442 e. The van der Waals surface area contributed by atoms with Crippen LogP contribution >= 0.6 is 0 Å². The van der Waals surface area contributed by atoms with Crippen molar-refractivity contribution in [2.24, 2.45) is 0 Å². The highest BCUT2D eigenvalue weighted by Gasteiger charge is 2.33. The number of piperazine rings is 1. The minimum Gasteiger partial charge on any atom is -0.442 e. The monoisotopic (exact) mass is 541 g/mol. The number of nitrogens with zero attached hydrogens (tertiary/aromatic N) is 4. The molecule has 0 radical (unpaired) electrons. The van der Waals surface area contributed by atoms with E-state index in [1.54, 1.807) is 21.9 Å². The van der Waals surface area contributed by atoms with Gasteiger partial charge in [0.05, 0.1) is 29.4 Å². The van der Waals surface area contributed by atoms with Crippen LogP contribution in [0.5, 0.6) is 0 Å². The number of nitrogens with one attached hydrogen (secondary N) is 1. The quantitative estimate of drug-likeness (QED) is 0.290. The summed E-state index contributed by atoms with van der Waals surface area (Å²) in [5.74, 6) is -1.33. The number of Topliss-reactive ketones (excluding diaryl/α,β-unsaturated/α-hetero) is 1. The van der Waals surface area contributed by atoms with Crippen molar-refractivity contribution < 1.29 is 33.2 Å². The number of rotatable bonds is 9. The van der Waals surface area contributed by atoms with Crippen molar-refractivity contribution in [1.29, 1.82) is 0 Å². The van der Waals surface area contributed by atoms with E-state index in [0.717, 1.165) is 0 Å². The molecule has 206 valence electrons. The molecule has 2 fully saturated rings. The summed E-state index contributed by atoms with van der Waals surface area (Å²) in [7, 11) is 0. The van der Waals surface area contributed by atoms with Crippen LogP contribution in [0.15, 0.2) is 42.5 Å². The molecule has 2 heterocycles. The zero-order valence-corrected chi connectivity index (χ0v) is 21.3. The minimum absolute atomic E-state index is 0.0283. The van der Waals surface area contributed by atoms with Crippen LogP contribution in [0.4, 0.5) is 26.2 Å². The molecule has 2 aromatic carbocycles. The van der Waals surface area contributed by atoms with E-state index in [2.05, 4.69) is 5.32 Å². The Bertz CT molecular complexity index is 1300. The standard InChI is InChI=1S/C26H28FN5O7/c1-17(33)28-15-21-16-31(26(36)39-21)19-5-6-23(22(27)14-19)29-9-11-30(12-10-29)25(35)8-7-24(34)18-3-2-4-20(13-18)32(37)38/h2-6,13-14,21H,7-12,15-16H2,1H3,(H,28,33)/t21-/m0/s1. The van der Waals surface area contributed by atoms with Gasteiger partial charge in [-0.25, -0.2) is 9.18 Å². The van der Waals surface area contributed by atoms with Gasteiger partial charge in [0.1, 0.15) is 11.9 Å². The number of cyclic esters (lactones) is 1. The summed E-state index contributed by atoms with van der Waals surface area (Å²) in [5.41, 5.74) is 0.684. The number of anilines is 2. The lowest BCUT2D eigenvalue weighted by Crippen LogP contribution is -2.49. The first-order valence-electron chi connectivity index (χ1n) is 12.4. The fourth-order valence-corrected chi connectivity index (χ4v) is 4.53. The lowest BCUT2D eigenvalue weighted by molar-refractivity contribution is -0.384. The molecular formula is C26H28FN5O7. The maximum atomic E-state index is 15.0. The molecular weight excluding hydrogens is 513 g/mol. The predicted octanol–water partition coefficient (Wildman–Crippen LogP) is 2.51. The summed E-state index contributed by atoms with van der Waals surface area (Å²) in [5, 5.41) is 13.5. The van der Waals surface area contributed by atoms with Gasteiger partial charge >= 0.3 is 6.09 Å². The summed E-state index contributed by atoms with van der Waals surface area (Å²) in [6, 6.07) is 9.86. The molecule has 12 nitrogen and oxygen atoms in total. The van der Waals surface area contributed by atoms with E-state index < -0.39 is 22.9 Å². The van der Waals surface area contributed by atoms with Crippen LogP contribution in [-0.4, -0.2) is 78.9 Å². The first-order valence-corrected chi connectivity index (χ1v) is 12.4. The predicted molar refractivity (Wildman–Crippen MR) is 138 cm³/mol. The molecule has 1 atom stereocenters. The zero-order valence-electron chi connectivity index (χ0n) is 21.3. The van der Waals surface area contributed by atoms with E-state index in [-0.39, 0.29) is 54.8 Å². The SMILES string of the molecule is CC(=O)NC[C@H]1CN(c2ccc(N3CCN(C(=O)CCC(=O)c4cccc([N+](=O)[O-])c4)CC3)c(F)c2)C(=O)O1. The molecule has 13 heteroatoms. The second kappa shape index (κ2) is 11.9. The third-order valence-electron chi connectivity index (χ3n) is 6.61. The molecule has 1 N–H and O–H groups in total. The normalized spacial score (nSPS) is 17.1. The summed E-state index contributed by atoms with van der Waals surface area (Å²) in [6.07, 6.45) is -1.25. The highest BCUT2D eigenvalue weighted by atomic mass is 19.1. The molecule has 0 saturated carbocycles. The van der Waals surface area contributed by atoms with Crippen molar-refractivity contribution in [3.63, 3.8) is 0 Å². The van der Waals surface area contributed by atoms with Crippen molar-refractivity contribution >= 4 is 40.8 Å². The smallest absolute Gasteiger partial charge is 0.414 e. The fraction of sp³-hybridized carbons (Fsp3) is 0.385. The van der Waals surface area contributed by atoms with Crippen molar-refractivity contribution in [2.75, 3.05) is 49.1 Å². The van der Waals surface area contributed by atoms with Crippen molar-refractivity contribution in [2.45, 2.75) is 25.9 Å². The Labute approximate surface area is 223 Å². The Hall–Kier alpha value is -4.55. The third-order valence-corrected chi connectivity index (χ3v) is 6.61. The molecule has 39 heavy (non-hydrogen) atoms. The number of nitro benzene ring substituents is 1. The van der Waals surface area contributed by atoms with Gasteiger partial charge in [0.15, 0.2) is 5.78 Å². The van der Waals surface area contributed by atoms with Crippen molar-refractivity contribution in [1.82, 2.24) is 10.2 Å². The van der Waals surface area contributed by atoms with Gasteiger partial charge in [0.25, 0.3) is 5.69 Å². The maximum absolute atomic E-state index is 15.0. The van der Waals surface area contributed by atoms with E-state index in [1.807, 2.05) is 0 Å². The lowest BCUT2D eigenvalue weighted by atomic mass is 10.1. The molecule has 4 rings (SSSR count). The highest BCUT2D eigenvalue weighted by Crippen LogP contribution is 2.28. The van der Waals surface area contributed by atoms with E-state index in [4.69, 9.17) is 4.74 Å². The average molecular weight is 542 g/mol. The first kappa shape index (κ1) is 27.5. The van der Waals surface area contributed by atoms with Gasteiger partial charge in [0, 0.05) is 63.6 Å². The van der Waals surface area contributed by atoms with Crippen LogP contribution in [0.3, 0.4) is 0 Å². The third kappa shape index (κ3) is 6.67. The summed E-state index contributed by atoms with van der Waals surface area (Å²) >= 11 is 0. The van der Waals surface area contributed by atoms with Gasteiger partial charge in [-0.2, -0.15) is 0 Å². The molecule has 0 spiro atoms. The van der Waals surface area contributed by atoms with Crippen molar-refractivity contribution in [3.8, 4) is 0 Å². The number of amides is 3. The molecule has 3 amide bonds.